The molecule has 0 atom stereocenters. The molecule has 19 heavy (non-hydrogen) atoms. The van der Waals surface area contributed by atoms with Crippen LogP contribution in [0.25, 0.3) is 0 Å². The van der Waals surface area contributed by atoms with Gasteiger partial charge in [-0.2, -0.15) is 0 Å². The van der Waals surface area contributed by atoms with Gasteiger partial charge in [-0.25, -0.2) is 4.98 Å². The third kappa shape index (κ3) is 3.64. The number of carbonyl (C=O) groups excluding carboxylic acids is 1. The second-order valence-corrected chi connectivity index (χ2v) is 4.97. The highest BCUT2D eigenvalue weighted by Gasteiger charge is 2.17. The van der Waals surface area contributed by atoms with Crippen molar-refractivity contribution in [3.05, 3.63) is 23.9 Å². The highest BCUT2D eigenvalue weighted by atomic mass is 32.1. The Hall–Kier alpha value is -1.69. The van der Waals surface area contributed by atoms with E-state index in [0.29, 0.717) is 29.3 Å². The standard InChI is InChI=1S/C13H18N4OS/c14-12(19)10-4-3-6-15-13(10)16-7-5-11(18)17-8-1-2-9-17/h3-4,6H,1-2,5,7-9H2,(H2,14,19)(H,15,16). The van der Waals surface area contributed by atoms with Crippen molar-refractivity contribution >= 4 is 28.9 Å². The van der Waals surface area contributed by atoms with Gasteiger partial charge in [-0.05, 0) is 25.0 Å². The lowest BCUT2D eigenvalue weighted by Crippen LogP contribution is -2.29. The van der Waals surface area contributed by atoms with Gasteiger partial charge in [-0.3, -0.25) is 4.79 Å². The first kappa shape index (κ1) is 13.7. The molecule has 0 unspecified atom stereocenters. The number of thiocarbonyl (C=S) groups is 1. The molecule has 3 N–H and O–H groups in total. The summed E-state index contributed by atoms with van der Waals surface area (Å²) in [6.07, 6.45) is 4.37. The van der Waals surface area contributed by atoms with E-state index in [2.05, 4.69) is 10.3 Å². The first-order chi connectivity index (χ1) is 9.18. The zero-order valence-electron chi connectivity index (χ0n) is 10.8. The van der Waals surface area contributed by atoms with Crippen LogP contribution in [-0.2, 0) is 4.79 Å². The van der Waals surface area contributed by atoms with Crippen LogP contribution in [0.5, 0.6) is 0 Å². The van der Waals surface area contributed by atoms with Crippen molar-refractivity contribution in [2.45, 2.75) is 19.3 Å². The molecule has 1 aliphatic rings. The van der Waals surface area contributed by atoms with Gasteiger partial charge >= 0.3 is 0 Å². The fourth-order valence-corrected chi connectivity index (χ4v) is 2.32. The SMILES string of the molecule is NC(=S)c1cccnc1NCCC(=O)N1CCCC1. The molecule has 102 valence electrons. The van der Waals surface area contributed by atoms with Gasteiger partial charge in [-0.1, -0.05) is 12.2 Å². The number of hydrogen-bond donors (Lipinski definition) is 2. The minimum absolute atomic E-state index is 0.192. The summed E-state index contributed by atoms with van der Waals surface area (Å²) >= 11 is 4.96. The van der Waals surface area contributed by atoms with E-state index >= 15 is 0 Å². The molecule has 1 saturated heterocycles. The van der Waals surface area contributed by atoms with Crippen molar-refractivity contribution in [1.82, 2.24) is 9.88 Å². The molecule has 0 aromatic carbocycles. The second kappa shape index (κ2) is 6.47. The van der Waals surface area contributed by atoms with E-state index in [4.69, 9.17) is 18.0 Å². The van der Waals surface area contributed by atoms with Gasteiger partial charge in [0.25, 0.3) is 0 Å². The zero-order chi connectivity index (χ0) is 13.7. The maximum absolute atomic E-state index is 11.9. The summed E-state index contributed by atoms with van der Waals surface area (Å²) in [4.78, 5) is 18.3. The maximum atomic E-state index is 11.9. The van der Waals surface area contributed by atoms with Crippen LogP contribution in [-0.4, -0.2) is 40.4 Å². The Morgan fingerprint density at radius 2 is 2.21 bits per heavy atom. The molecule has 1 aliphatic heterocycles. The first-order valence-corrected chi connectivity index (χ1v) is 6.86. The van der Waals surface area contributed by atoms with Crippen molar-refractivity contribution in [2.24, 2.45) is 5.73 Å². The number of nitrogens with zero attached hydrogens (tertiary/aromatic N) is 2. The topological polar surface area (TPSA) is 71.2 Å². The van der Waals surface area contributed by atoms with E-state index in [1.54, 1.807) is 12.3 Å². The Kier molecular flexibility index (Phi) is 4.68. The lowest BCUT2D eigenvalue weighted by atomic mass is 10.2. The number of amides is 1. The van der Waals surface area contributed by atoms with E-state index in [9.17, 15) is 4.79 Å². The van der Waals surface area contributed by atoms with Crippen LogP contribution in [0, 0.1) is 0 Å². The number of aromatic nitrogens is 1. The average molecular weight is 278 g/mol. The third-order valence-electron chi connectivity index (χ3n) is 3.16. The van der Waals surface area contributed by atoms with Crippen LogP contribution in [0.15, 0.2) is 18.3 Å². The van der Waals surface area contributed by atoms with Crippen LogP contribution < -0.4 is 11.1 Å². The minimum atomic E-state index is 0.192. The number of hydrogen-bond acceptors (Lipinski definition) is 4. The summed E-state index contributed by atoms with van der Waals surface area (Å²) in [6, 6.07) is 3.61. The number of nitrogens with one attached hydrogen (secondary N) is 1. The Bertz CT molecular complexity index is 471. The molecule has 0 radical (unpaired) electrons. The van der Waals surface area contributed by atoms with Crippen LogP contribution in [0.4, 0.5) is 5.82 Å². The van der Waals surface area contributed by atoms with Crippen molar-refractivity contribution in [3.63, 3.8) is 0 Å². The Labute approximate surface area is 118 Å². The number of nitrogens with two attached hydrogens (primary N) is 1. The van der Waals surface area contributed by atoms with Crippen LogP contribution in [0.1, 0.15) is 24.8 Å². The predicted molar refractivity (Wildman–Crippen MR) is 79.0 cm³/mol. The largest absolute Gasteiger partial charge is 0.389 e. The van der Waals surface area contributed by atoms with Gasteiger partial charge in [0, 0.05) is 32.3 Å². The molecule has 0 aliphatic carbocycles. The maximum Gasteiger partial charge on any atom is 0.224 e. The molecule has 1 aromatic rings. The fraction of sp³-hybridized carbons (Fsp3) is 0.462. The molecule has 6 heteroatoms. The van der Waals surface area contributed by atoms with Crippen molar-refractivity contribution in [1.29, 1.82) is 0 Å². The molecule has 2 rings (SSSR count). The number of anilines is 1. The summed E-state index contributed by atoms with van der Waals surface area (Å²) in [6.45, 7) is 2.32. The van der Waals surface area contributed by atoms with E-state index in [0.717, 1.165) is 25.9 Å². The number of carbonyl (C=O) groups is 1. The normalized spacial score (nSPS) is 14.4. The number of pyridine rings is 1. The van der Waals surface area contributed by atoms with Gasteiger partial charge in [0.05, 0.1) is 5.56 Å². The lowest BCUT2D eigenvalue weighted by molar-refractivity contribution is -0.129. The van der Waals surface area contributed by atoms with Gasteiger partial charge < -0.3 is 16.0 Å². The molecule has 1 amide bonds. The van der Waals surface area contributed by atoms with Gasteiger partial charge in [-0.15, -0.1) is 0 Å². The molecule has 1 fully saturated rings. The molecule has 0 spiro atoms. The van der Waals surface area contributed by atoms with Gasteiger partial charge in [0.1, 0.15) is 10.8 Å². The summed E-state index contributed by atoms with van der Waals surface area (Å²) in [5.41, 5.74) is 6.34. The highest BCUT2D eigenvalue weighted by molar-refractivity contribution is 7.80. The summed E-state index contributed by atoms with van der Waals surface area (Å²) in [7, 11) is 0. The van der Waals surface area contributed by atoms with Gasteiger partial charge in [0.15, 0.2) is 0 Å². The Balaban J connectivity index is 1.85. The van der Waals surface area contributed by atoms with Crippen molar-refractivity contribution < 1.29 is 4.79 Å². The minimum Gasteiger partial charge on any atom is -0.389 e. The summed E-state index contributed by atoms with van der Waals surface area (Å²) in [5, 5.41) is 3.12. The number of likely N-dealkylation sites (tertiary alicyclic amines) is 1. The molecule has 5 nitrogen and oxygen atoms in total. The molecular weight excluding hydrogens is 260 g/mol. The van der Waals surface area contributed by atoms with Crippen molar-refractivity contribution in [2.75, 3.05) is 25.0 Å². The van der Waals surface area contributed by atoms with E-state index in [1.807, 2.05) is 11.0 Å². The zero-order valence-corrected chi connectivity index (χ0v) is 11.6. The fourth-order valence-electron chi connectivity index (χ4n) is 2.16. The average Bonchev–Trinajstić information content (AvgIpc) is 2.93. The monoisotopic (exact) mass is 278 g/mol. The third-order valence-corrected chi connectivity index (χ3v) is 3.38. The predicted octanol–water partition coefficient (Wildman–Crippen LogP) is 1.14. The summed E-state index contributed by atoms with van der Waals surface area (Å²) < 4.78 is 0. The van der Waals surface area contributed by atoms with Crippen molar-refractivity contribution in [3.8, 4) is 0 Å². The lowest BCUT2D eigenvalue weighted by Gasteiger charge is -2.15. The summed E-state index contributed by atoms with van der Waals surface area (Å²) in [5.74, 6) is 0.835. The van der Waals surface area contributed by atoms with Gasteiger partial charge in [0.2, 0.25) is 5.91 Å². The van der Waals surface area contributed by atoms with E-state index in [1.165, 1.54) is 0 Å². The van der Waals surface area contributed by atoms with E-state index < -0.39 is 0 Å². The molecule has 1 aromatic heterocycles. The Morgan fingerprint density at radius 3 is 2.89 bits per heavy atom. The molecule has 0 saturated carbocycles. The smallest absolute Gasteiger partial charge is 0.224 e. The van der Waals surface area contributed by atoms with Crippen LogP contribution >= 0.6 is 12.2 Å². The second-order valence-electron chi connectivity index (χ2n) is 4.53. The van der Waals surface area contributed by atoms with Crippen LogP contribution in [0.3, 0.4) is 0 Å². The first-order valence-electron chi connectivity index (χ1n) is 6.45. The molecule has 0 bridgehead atoms. The van der Waals surface area contributed by atoms with Crippen LogP contribution in [0.2, 0.25) is 0 Å². The quantitative estimate of drug-likeness (QED) is 0.790. The highest BCUT2D eigenvalue weighted by Crippen LogP contribution is 2.12. The number of rotatable bonds is 5. The van der Waals surface area contributed by atoms with E-state index in [-0.39, 0.29) is 5.91 Å². The Morgan fingerprint density at radius 1 is 1.47 bits per heavy atom. The molecular formula is C13H18N4OS. The molecule has 2 heterocycles.